The quantitative estimate of drug-likeness (QED) is 0.527. The lowest BCUT2D eigenvalue weighted by Crippen LogP contribution is -2.19. The lowest BCUT2D eigenvalue weighted by Gasteiger charge is -2.16. The summed E-state index contributed by atoms with van der Waals surface area (Å²) in [5, 5.41) is 6.62. The fraction of sp³-hybridized carbons (Fsp3) is 0.429. The van der Waals surface area contributed by atoms with Crippen molar-refractivity contribution in [1.29, 1.82) is 0 Å². The van der Waals surface area contributed by atoms with Gasteiger partial charge in [-0.3, -0.25) is 0 Å². The average molecular weight is 421 g/mol. The Morgan fingerprint density at radius 1 is 1.04 bits per heavy atom. The van der Waals surface area contributed by atoms with Gasteiger partial charge in [0.25, 0.3) is 0 Å². The molecule has 2 aromatic rings. The van der Waals surface area contributed by atoms with E-state index in [1.165, 1.54) is 11.1 Å². The van der Waals surface area contributed by atoms with Gasteiger partial charge < -0.3 is 20.1 Å². The molecule has 0 radical (unpaired) electrons. The summed E-state index contributed by atoms with van der Waals surface area (Å²) in [4.78, 5) is 0. The zero-order valence-corrected chi connectivity index (χ0v) is 17.5. The molecule has 0 atom stereocenters. The van der Waals surface area contributed by atoms with E-state index in [4.69, 9.17) is 9.47 Å². The summed E-state index contributed by atoms with van der Waals surface area (Å²) in [5.74, 6) is 1.54. The van der Waals surface area contributed by atoms with Gasteiger partial charge in [-0.2, -0.15) is 0 Å². The molecule has 0 fully saturated rings. The molecule has 2 aromatic carbocycles. The van der Waals surface area contributed by atoms with Crippen LogP contribution in [0, 0.1) is 6.92 Å². The Bertz CT molecular complexity index is 692. The van der Waals surface area contributed by atoms with Crippen molar-refractivity contribution in [3.8, 4) is 11.5 Å². The average Bonchev–Trinajstić information content (AvgIpc) is 2.61. The van der Waals surface area contributed by atoms with Crippen molar-refractivity contribution in [2.24, 2.45) is 0 Å². The third-order valence-corrected chi connectivity index (χ3v) is 4.53. The van der Waals surface area contributed by atoms with E-state index in [0.29, 0.717) is 13.2 Å². The van der Waals surface area contributed by atoms with Gasteiger partial charge in [-0.1, -0.05) is 29.8 Å². The second kappa shape index (κ2) is 11.2. The number of hydrogen-bond donors (Lipinski definition) is 2. The van der Waals surface area contributed by atoms with Crippen molar-refractivity contribution in [2.45, 2.75) is 33.4 Å². The number of benzene rings is 2. The molecule has 0 saturated heterocycles. The fourth-order valence-electron chi connectivity index (χ4n) is 2.71. The van der Waals surface area contributed by atoms with E-state index in [1.54, 1.807) is 0 Å². The molecule has 0 aliphatic heterocycles. The van der Waals surface area contributed by atoms with Crippen LogP contribution in [0.4, 0.5) is 0 Å². The van der Waals surface area contributed by atoms with Crippen molar-refractivity contribution < 1.29 is 9.47 Å². The van der Waals surface area contributed by atoms with E-state index in [0.717, 1.165) is 47.6 Å². The van der Waals surface area contributed by atoms with Crippen LogP contribution in [0.15, 0.2) is 40.9 Å². The first-order chi connectivity index (χ1) is 12.6. The van der Waals surface area contributed by atoms with E-state index in [2.05, 4.69) is 69.9 Å². The molecule has 0 amide bonds. The normalized spacial score (nSPS) is 10.8. The highest BCUT2D eigenvalue weighted by atomic mass is 79.9. The lowest BCUT2D eigenvalue weighted by atomic mass is 10.1. The Morgan fingerprint density at radius 3 is 2.62 bits per heavy atom. The first-order valence-electron chi connectivity index (χ1n) is 9.13. The zero-order chi connectivity index (χ0) is 18.8. The van der Waals surface area contributed by atoms with Gasteiger partial charge in [0.1, 0.15) is 6.61 Å². The third kappa shape index (κ3) is 6.63. The molecule has 0 aliphatic rings. The van der Waals surface area contributed by atoms with Crippen LogP contribution in [-0.4, -0.2) is 26.7 Å². The summed E-state index contributed by atoms with van der Waals surface area (Å²) >= 11 is 3.65. The number of ether oxygens (including phenoxy) is 2. The molecule has 142 valence electrons. The maximum atomic E-state index is 6.07. The summed E-state index contributed by atoms with van der Waals surface area (Å²) in [5.41, 5.74) is 3.55. The standard InChI is InChI=1S/C21H29BrN2O2/c1-4-25-20-13-18(14-24-10-6-9-23-3)12-19(22)21(20)26-15-17-8-5-7-16(2)11-17/h5,7-8,11-13,23-24H,4,6,9-10,14-15H2,1-3H3. The molecule has 0 bridgehead atoms. The predicted molar refractivity (Wildman–Crippen MR) is 111 cm³/mol. The van der Waals surface area contributed by atoms with Gasteiger partial charge >= 0.3 is 0 Å². The molecule has 2 rings (SSSR count). The molecule has 0 saturated carbocycles. The first kappa shape index (κ1) is 20.7. The molecule has 2 N–H and O–H groups in total. The monoisotopic (exact) mass is 420 g/mol. The highest BCUT2D eigenvalue weighted by molar-refractivity contribution is 9.10. The predicted octanol–water partition coefficient (Wildman–Crippen LogP) is 4.43. The van der Waals surface area contributed by atoms with Gasteiger partial charge in [-0.05, 0) is 79.6 Å². The number of rotatable bonds is 11. The second-order valence-corrected chi connectivity index (χ2v) is 7.10. The second-order valence-electron chi connectivity index (χ2n) is 6.25. The van der Waals surface area contributed by atoms with E-state index in [1.807, 2.05) is 14.0 Å². The van der Waals surface area contributed by atoms with Crippen LogP contribution in [0.25, 0.3) is 0 Å². The maximum Gasteiger partial charge on any atom is 0.175 e. The summed E-state index contributed by atoms with van der Waals surface area (Å²) < 4.78 is 12.8. The summed E-state index contributed by atoms with van der Waals surface area (Å²) in [6.07, 6.45) is 1.10. The van der Waals surface area contributed by atoms with Crippen molar-refractivity contribution >= 4 is 15.9 Å². The van der Waals surface area contributed by atoms with Gasteiger partial charge in [0.2, 0.25) is 0 Å². The van der Waals surface area contributed by atoms with Crippen LogP contribution >= 0.6 is 15.9 Å². The molecule has 5 heteroatoms. The van der Waals surface area contributed by atoms with Gasteiger partial charge in [-0.25, -0.2) is 0 Å². The Balaban J connectivity index is 2.05. The van der Waals surface area contributed by atoms with Crippen LogP contribution in [0.2, 0.25) is 0 Å². The van der Waals surface area contributed by atoms with Crippen molar-refractivity contribution in [3.63, 3.8) is 0 Å². The lowest BCUT2D eigenvalue weighted by molar-refractivity contribution is 0.267. The summed E-state index contributed by atoms with van der Waals surface area (Å²) in [6, 6.07) is 12.5. The Hall–Kier alpha value is -1.56. The third-order valence-electron chi connectivity index (χ3n) is 3.94. The summed E-state index contributed by atoms with van der Waals surface area (Å²) in [7, 11) is 1.97. The van der Waals surface area contributed by atoms with E-state index < -0.39 is 0 Å². The molecule has 0 aliphatic carbocycles. The molecular weight excluding hydrogens is 392 g/mol. The van der Waals surface area contributed by atoms with E-state index >= 15 is 0 Å². The SMILES string of the molecule is CCOc1cc(CNCCCNC)cc(Br)c1OCc1cccc(C)c1. The number of halogens is 1. The zero-order valence-electron chi connectivity index (χ0n) is 15.9. The van der Waals surface area contributed by atoms with Crippen LogP contribution in [0.5, 0.6) is 11.5 Å². The molecular formula is C21H29BrN2O2. The first-order valence-corrected chi connectivity index (χ1v) is 9.92. The Labute approximate surface area is 165 Å². The van der Waals surface area contributed by atoms with Crippen molar-refractivity contribution in [2.75, 3.05) is 26.7 Å². The van der Waals surface area contributed by atoms with Gasteiger partial charge in [-0.15, -0.1) is 0 Å². The number of nitrogens with one attached hydrogen (secondary N) is 2. The van der Waals surface area contributed by atoms with Crippen LogP contribution in [0.3, 0.4) is 0 Å². The Morgan fingerprint density at radius 2 is 1.88 bits per heavy atom. The minimum Gasteiger partial charge on any atom is -0.490 e. The van der Waals surface area contributed by atoms with Gasteiger partial charge in [0.05, 0.1) is 11.1 Å². The molecule has 0 spiro atoms. The molecule has 0 heterocycles. The van der Waals surface area contributed by atoms with Gasteiger partial charge in [0, 0.05) is 6.54 Å². The van der Waals surface area contributed by atoms with E-state index in [-0.39, 0.29) is 0 Å². The van der Waals surface area contributed by atoms with Crippen molar-refractivity contribution in [1.82, 2.24) is 10.6 Å². The maximum absolute atomic E-state index is 6.07. The van der Waals surface area contributed by atoms with Crippen molar-refractivity contribution in [3.05, 3.63) is 57.6 Å². The molecule has 26 heavy (non-hydrogen) atoms. The minimum absolute atomic E-state index is 0.516. The van der Waals surface area contributed by atoms with Crippen LogP contribution in [-0.2, 0) is 13.2 Å². The highest BCUT2D eigenvalue weighted by Crippen LogP contribution is 2.37. The molecule has 0 unspecified atom stereocenters. The molecule has 0 aromatic heterocycles. The highest BCUT2D eigenvalue weighted by Gasteiger charge is 2.12. The largest absolute Gasteiger partial charge is 0.490 e. The Kier molecular flexibility index (Phi) is 8.95. The fourth-order valence-corrected chi connectivity index (χ4v) is 3.31. The topological polar surface area (TPSA) is 42.5 Å². The molecule has 4 nitrogen and oxygen atoms in total. The smallest absolute Gasteiger partial charge is 0.175 e. The van der Waals surface area contributed by atoms with E-state index in [9.17, 15) is 0 Å². The summed E-state index contributed by atoms with van der Waals surface area (Å²) in [6.45, 7) is 8.00. The number of hydrogen-bond acceptors (Lipinski definition) is 4. The minimum atomic E-state index is 0.516. The van der Waals surface area contributed by atoms with Gasteiger partial charge in [0.15, 0.2) is 11.5 Å². The number of aryl methyl sites for hydroxylation is 1. The van der Waals surface area contributed by atoms with Crippen LogP contribution < -0.4 is 20.1 Å². The van der Waals surface area contributed by atoms with Crippen LogP contribution in [0.1, 0.15) is 30.0 Å².